The smallest absolute Gasteiger partial charge is 0.122 e. The van der Waals surface area contributed by atoms with E-state index >= 15 is 0 Å². The number of hydrogen-bond donors (Lipinski definition) is 1. The molecule has 0 fully saturated rings. The second kappa shape index (κ2) is 7.28. The van der Waals surface area contributed by atoms with Gasteiger partial charge in [-0.2, -0.15) is 0 Å². The quantitative estimate of drug-likeness (QED) is 0.866. The first-order chi connectivity index (χ1) is 10.2. The Balaban J connectivity index is 2.41. The lowest BCUT2D eigenvalue weighted by atomic mass is 9.81. The van der Waals surface area contributed by atoms with Crippen LogP contribution in [0.5, 0.6) is 5.75 Å². The fraction of sp³-hybridized carbons (Fsp3) is 0.368. The van der Waals surface area contributed by atoms with Gasteiger partial charge in [-0.15, -0.1) is 0 Å². The molecule has 0 aliphatic carbocycles. The second-order valence-electron chi connectivity index (χ2n) is 5.47. The molecule has 0 heterocycles. The Labute approximate surface area is 127 Å². The van der Waals surface area contributed by atoms with Crippen LogP contribution in [0, 0.1) is 0 Å². The summed E-state index contributed by atoms with van der Waals surface area (Å²) in [4.78, 5) is 0. The van der Waals surface area contributed by atoms with Gasteiger partial charge in [0.2, 0.25) is 0 Å². The van der Waals surface area contributed by atoms with Gasteiger partial charge >= 0.3 is 0 Å². The Hall–Kier alpha value is -1.80. The predicted molar refractivity (Wildman–Crippen MR) is 89.0 cm³/mol. The van der Waals surface area contributed by atoms with E-state index in [0.29, 0.717) is 12.5 Å². The van der Waals surface area contributed by atoms with E-state index in [0.717, 1.165) is 12.2 Å². The number of methoxy groups -OCH3 is 1. The van der Waals surface area contributed by atoms with Gasteiger partial charge in [0.1, 0.15) is 5.75 Å². The second-order valence-corrected chi connectivity index (χ2v) is 5.47. The van der Waals surface area contributed by atoms with Crippen LogP contribution in [-0.2, 0) is 6.42 Å². The zero-order valence-electron chi connectivity index (χ0n) is 13.2. The molecule has 2 aromatic rings. The average Bonchev–Trinajstić information content (AvgIpc) is 2.56. The summed E-state index contributed by atoms with van der Waals surface area (Å²) in [6, 6.07) is 17.0. The molecule has 2 heteroatoms. The van der Waals surface area contributed by atoms with E-state index in [2.05, 4.69) is 56.3 Å². The van der Waals surface area contributed by atoms with Crippen LogP contribution in [0.4, 0.5) is 0 Å². The van der Waals surface area contributed by atoms with Gasteiger partial charge in [-0.25, -0.2) is 0 Å². The molecule has 2 atom stereocenters. The SMILES string of the molecule is CCc1ccc(OC)c(C(CN)C(C)c2ccccc2)c1. The topological polar surface area (TPSA) is 35.2 Å². The standard InChI is InChI=1S/C19H25NO/c1-4-15-10-11-19(21-3)17(12-15)18(13-20)14(2)16-8-6-5-7-9-16/h5-12,14,18H,4,13,20H2,1-3H3. The molecule has 0 amide bonds. The summed E-state index contributed by atoms with van der Waals surface area (Å²) < 4.78 is 5.56. The summed E-state index contributed by atoms with van der Waals surface area (Å²) in [5.74, 6) is 1.55. The molecule has 2 unspecified atom stereocenters. The van der Waals surface area contributed by atoms with Gasteiger partial charge < -0.3 is 10.5 Å². The fourth-order valence-electron chi connectivity index (χ4n) is 2.88. The zero-order valence-corrected chi connectivity index (χ0v) is 13.2. The van der Waals surface area contributed by atoms with Crippen molar-refractivity contribution in [3.8, 4) is 5.75 Å². The third-order valence-corrected chi connectivity index (χ3v) is 4.28. The highest BCUT2D eigenvalue weighted by molar-refractivity contribution is 5.42. The Morgan fingerprint density at radius 2 is 1.81 bits per heavy atom. The number of nitrogens with two attached hydrogens (primary N) is 1. The molecule has 0 saturated carbocycles. The molecule has 2 rings (SSSR count). The number of hydrogen-bond acceptors (Lipinski definition) is 2. The van der Waals surface area contributed by atoms with Crippen molar-refractivity contribution >= 4 is 0 Å². The molecule has 0 radical (unpaired) electrons. The Morgan fingerprint density at radius 3 is 2.38 bits per heavy atom. The van der Waals surface area contributed by atoms with Crippen LogP contribution in [0.3, 0.4) is 0 Å². The van der Waals surface area contributed by atoms with Crippen LogP contribution in [0.15, 0.2) is 48.5 Å². The van der Waals surface area contributed by atoms with Crippen LogP contribution in [0.2, 0.25) is 0 Å². The molecule has 0 spiro atoms. The third kappa shape index (κ3) is 3.45. The predicted octanol–water partition coefficient (Wildman–Crippen LogP) is 4.10. The lowest BCUT2D eigenvalue weighted by Crippen LogP contribution is -2.19. The number of aryl methyl sites for hydroxylation is 1. The summed E-state index contributed by atoms with van der Waals surface area (Å²) in [6.07, 6.45) is 1.02. The molecule has 0 aromatic heterocycles. The van der Waals surface area contributed by atoms with Gasteiger partial charge in [0, 0.05) is 5.92 Å². The maximum Gasteiger partial charge on any atom is 0.122 e. The first-order valence-electron chi connectivity index (χ1n) is 7.63. The average molecular weight is 283 g/mol. The molecular weight excluding hydrogens is 258 g/mol. The van der Waals surface area contributed by atoms with Crippen LogP contribution in [0.25, 0.3) is 0 Å². The summed E-state index contributed by atoms with van der Waals surface area (Å²) >= 11 is 0. The monoisotopic (exact) mass is 283 g/mol. The summed E-state index contributed by atoms with van der Waals surface area (Å²) in [6.45, 7) is 5.02. The van der Waals surface area contributed by atoms with Crippen molar-refractivity contribution in [2.45, 2.75) is 32.1 Å². The van der Waals surface area contributed by atoms with Crippen LogP contribution < -0.4 is 10.5 Å². The van der Waals surface area contributed by atoms with Gasteiger partial charge in [0.15, 0.2) is 0 Å². The third-order valence-electron chi connectivity index (χ3n) is 4.28. The summed E-state index contributed by atoms with van der Waals surface area (Å²) in [5, 5.41) is 0. The lowest BCUT2D eigenvalue weighted by Gasteiger charge is -2.25. The minimum atomic E-state index is 0.258. The van der Waals surface area contributed by atoms with E-state index in [9.17, 15) is 0 Å². The Morgan fingerprint density at radius 1 is 1.10 bits per heavy atom. The highest BCUT2D eigenvalue weighted by atomic mass is 16.5. The maximum absolute atomic E-state index is 6.10. The van der Waals surface area contributed by atoms with Crippen LogP contribution >= 0.6 is 0 Å². The molecule has 0 aliphatic heterocycles. The summed E-state index contributed by atoms with van der Waals surface area (Å²) in [7, 11) is 1.73. The van der Waals surface area contributed by atoms with E-state index in [4.69, 9.17) is 10.5 Å². The van der Waals surface area contributed by atoms with Crippen LogP contribution in [0.1, 0.15) is 42.4 Å². The Bertz CT molecular complexity index is 565. The van der Waals surface area contributed by atoms with Crippen molar-refractivity contribution in [1.82, 2.24) is 0 Å². The molecule has 2 N–H and O–H groups in total. The van der Waals surface area contributed by atoms with Gasteiger partial charge in [-0.3, -0.25) is 0 Å². The normalized spacial score (nSPS) is 13.7. The van der Waals surface area contributed by atoms with Gasteiger partial charge in [0.25, 0.3) is 0 Å². The number of benzene rings is 2. The van der Waals surface area contributed by atoms with E-state index in [1.54, 1.807) is 7.11 Å². The zero-order chi connectivity index (χ0) is 15.2. The summed E-state index contributed by atoms with van der Waals surface area (Å²) in [5.41, 5.74) is 9.96. The van der Waals surface area contributed by atoms with Crippen molar-refractivity contribution in [1.29, 1.82) is 0 Å². The lowest BCUT2D eigenvalue weighted by molar-refractivity contribution is 0.401. The Kier molecular flexibility index (Phi) is 5.40. The highest BCUT2D eigenvalue weighted by Crippen LogP contribution is 2.37. The number of ether oxygens (including phenoxy) is 1. The highest BCUT2D eigenvalue weighted by Gasteiger charge is 2.22. The molecule has 2 nitrogen and oxygen atoms in total. The van der Waals surface area contributed by atoms with Crippen molar-refractivity contribution in [3.05, 3.63) is 65.2 Å². The van der Waals surface area contributed by atoms with Crippen molar-refractivity contribution < 1.29 is 4.74 Å². The van der Waals surface area contributed by atoms with Gasteiger partial charge in [0.05, 0.1) is 7.11 Å². The fourth-order valence-corrected chi connectivity index (χ4v) is 2.88. The molecule has 0 aliphatic rings. The molecule has 112 valence electrons. The van der Waals surface area contributed by atoms with Crippen molar-refractivity contribution in [2.24, 2.45) is 5.73 Å². The molecule has 0 saturated heterocycles. The van der Waals surface area contributed by atoms with Gasteiger partial charge in [-0.1, -0.05) is 56.3 Å². The minimum absolute atomic E-state index is 0.258. The first kappa shape index (κ1) is 15.6. The molecule has 2 aromatic carbocycles. The maximum atomic E-state index is 6.10. The van der Waals surface area contributed by atoms with E-state index in [-0.39, 0.29) is 5.92 Å². The molecular formula is C19H25NO. The number of rotatable bonds is 6. The minimum Gasteiger partial charge on any atom is -0.496 e. The molecule has 21 heavy (non-hydrogen) atoms. The van der Waals surface area contributed by atoms with E-state index in [1.165, 1.54) is 16.7 Å². The van der Waals surface area contributed by atoms with E-state index < -0.39 is 0 Å². The largest absolute Gasteiger partial charge is 0.496 e. The molecule has 0 bridgehead atoms. The van der Waals surface area contributed by atoms with Crippen molar-refractivity contribution in [3.63, 3.8) is 0 Å². The van der Waals surface area contributed by atoms with Gasteiger partial charge in [-0.05, 0) is 41.6 Å². The van der Waals surface area contributed by atoms with E-state index in [1.807, 2.05) is 6.07 Å². The van der Waals surface area contributed by atoms with Crippen molar-refractivity contribution in [2.75, 3.05) is 13.7 Å². The first-order valence-corrected chi connectivity index (χ1v) is 7.63. The van der Waals surface area contributed by atoms with Crippen LogP contribution in [-0.4, -0.2) is 13.7 Å².